The standard InChI is InChI=1S/C29H23N7O3S/c1-18-6-12-22(13-7-18)35-26(20-10-8-19(9-11-20)21-15-31-29(30)32-16-21)34-27-25(28(35)37)17-33-36(27)23-4-3-5-24(14-23)40(2,38)39/h3-17H,1-2H3,(H2,30,31,32). The van der Waals surface area contributed by atoms with Crippen LogP contribution in [0.15, 0.2) is 101 Å². The van der Waals surface area contributed by atoms with Gasteiger partial charge in [-0.05, 0) is 42.8 Å². The van der Waals surface area contributed by atoms with Crippen molar-refractivity contribution in [1.82, 2.24) is 29.3 Å². The molecule has 40 heavy (non-hydrogen) atoms. The molecule has 3 aromatic carbocycles. The van der Waals surface area contributed by atoms with Crippen LogP contribution in [0.4, 0.5) is 5.95 Å². The van der Waals surface area contributed by atoms with Gasteiger partial charge in [0.05, 0.1) is 22.5 Å². The van der Waals surface area contributed by atoms with Gasteiger partial charge < -0.3 is 5.73 Å². The number of hydrogen-bond acceptors (Lipinski definition) is 8. The molecule has 0 spiro atoms. The molecule has 0 aliphatic carbocycles. The smallest absolute Gasteiger partial charge is 0.269 e. The first-order valence-corrected chi connectivity index (χ1v) is 14.1. The minimum Gasteiger partial charge on any atom is -0.368 e. The lowest BCUT2D eigenvalue weighted by Crippen LogP contribution is -2.22. The van der Waals surface area contributed by atoms with Crippen LogP contribution in [-0.2, 0) is 9.84 Å². The Kier molecular flexibility index (Phi) is 6.00. The van der Waals surface area contributed by atoms with Crippen molar-refractivity contribution in [3.8, 4) is 33.9 Å². The normalized spacial score (nSPS) is 11.7. The molecule has 198 valence electrons. The molecule has 10 nitrogen and oxygen atoms in total. The second-order valence-electron chi connectivity index (χ2n) is 9.38. The van der Waals surface area contributed by atoms with E-state index in [0.29, 0.717) is 33.8 Å². The first-order valence-electron chi connectivity index (χ1n) is 12.3. The van der Waals surface area contributed by atoms with Crippen LogP contribution in [0.1, 0.15) is 5.56 Å². The Balaban J connectivity index is 1.57. The lowest BCUT2D eigenvalue weighted by molar-refractivity contribution is 0.601. The molecule has 0 radical (unpaired) electrons. The van der Waals surface area contributed by atoms with E-state index in [0.717, 1.165) is 22.9 Å². The topological polar surface area (TPSA) is 139 Å². The van der Waals surface area contributed by atoms with Gasteiger partial charge in [0.2, 0.25) is 5.95 Å². The Hall–Kier alpha value is -5.16. The fraction of sp³-hybridized carbons (Fsp3) is 0.0690. The molecule has 0 aliphatic rings. The highest BCUT2D eigenvalue weighted by atomic mass is 32.2. The number of aryl methyl sites for hydroxylation is 1. The predicted molar refractivity (Wildman–Crippen MR) is 153 cm³/mol. The highest BCUT2D eigenvalue weighted by molar-refractivity contribution is 7.90. The van der Waals surface area contributed by atoms with Crippen molar-refractivity contribution >= 4 is 26.8 Å². The van der Waals surface area contributed by atoms with Gasteiger partial charge in [0.1, 0.15) is 11.2 Å². The molecule has 6 aromatic rings. The van der Waals surface area contributed by atoms with Gasteiger partial charge in [0, 0.05) is 29.8 Å². The Morgan fingerprint density at radius 2 is 1.48 bits per heavy atom. The number of nitrogens with two attached hydrogens (primary N) is 1. The number of sulfone groups is 1. The summed E-state index contributed by atoms with van der Waals surface area (Å²) in [6, 6.07) is 21.5. The first-order chi connectivity index (χ1) is 19.2. The number of rotatable bonds is 5. The lowest BCUT2D eigenvalue weighted by atomic mass is 10.1. The Labute approximate surface area is 229 Å². The van der Waals surface area contributed by atoms with Crippen molar-refractivity contribution in [2.24, 2.45) is 0 Å². The Bertz CT molecular complexity index is 2050. The monoisotopic (exact) mass is 549 g/mol. The number of fused-ring (bicyclic) bond motifs is 1. The van der Waals surface area contributed by atoms with E-state index in [4.69, 9.17) is 10.7 Å². The number of hydrogen-bond donors (Lipinski definition) is 1. The summed E-state index contributed by atoms with van der Waals surface area (Å²) in [5.41, 5.74) is 10.2. The van der Waals surface area contributed by atoms with Crippen LogP contribution in [0, 0.1) is 6.92 Å². The highest BCUT2D eigenvalue weighted by Crippen LogP contribution is 2.27. The summed E-state index contributed by atoms with van der Waals surface area (Å²) >= 11 is 0. The average molecular weight is 550 g/mol. The van der Waals surface area contributed by atoms with E-state index in [-0.39, 0.29) is 16.4 Å². The van der Waals surface area contributed by atoms with Gasteiger partial charge in [-0.3, -0.25) is 9.36 Å². The van der Waals surface area contributed by atoms with E-state index in [9.17, 15) is 13.2 Å². The summed E-state index contributed by atoms with van der Waals surface area (Å²) in [7, 11) is -3.45. The van der Waals surface area contributed by atoms with Gasteiger partial charge in [0.25, 0.3) is 5.56 Å². The molecule has 11 heteroatoms. The summed E-state index contributed by atoms with van der Waals surface area (Å²) < 4.78 is 27.4. The van der Waals surface area contributed by atoms with Crippen molar-refractivity contribution in [2.75, 3.05) is 12.0 Å². The molecule has 0 amide bonds. The quantitative estimate of drug-likeness (QED) is 0.341. The first kappa shape index (κ1) is 25.1. The maximum Gasteiger partial charge on any atom is 0.269 e. The predicted octanol–water partition coefficient (Wildman–Crippen LogP) is 3.99. The summed E-state index contributed by atoms with van der Waals surface area (Å²) in [4.78, 5) is 27.1. The zero-order chi connectivity index (χ0) is 28.0. The molecule has 6 rings (SSSR count). The van der Waals surface area contributed by atoms with Gasteiger partial charge in [-0.15, -0.1) is 0 Å². The SMILES string of the molecule is Cc1ccc(-n2c(-c3ccc(-c4cnc(N)nc4)cc3)nc3c(cnn3-c3cccc(S(C)(=O)=O)c3)c2=O)cc1. The fourth-order valence-corrected chi connectivity index (χ4v) is 5.09. The molecular weight excluding hydrogens is 526 g/mol. The summed E-state index contributed by atoms with van der Waals surface area (Å²) in [6.07, 6.45) is 5.89. The molecule has 2 N–H and O–H groups in total. The third kappa shape index (κ3) is 4.52. The zero-order valence-electron chi connectivity index (χ0n) is 21.6. The molecule has 0 fully saturated rings. The van der Waals surface area contributed by atoms with Crippen molar-refractivity contribution in [1.29, 1.82) is 0 Å². The van der Waals surface area contributed by atoms with Crippen LogP contribution in [0.2, 0.25) is 0 Å². The van der Waals surface area contributed by atoms with Gasteiger partial charge in [-0.2, -0.15) is 5.10 Å². The van der Waals surface area contributed by atoms with Crippen LogP contribution in [0.3, 0.4) is 0 Å². The van der Waals surface area contributed by atoms with Gasteiger partial charge in [-0.1, -0.05) is 48.0 Å². The third-order valence-electron chi connectivity index (χ3n) is 6.53. The van der Waals surface area contributed by atoms with Crippen LogP contribution < -0.4 is 11.3 Å². The number of anilines is 1. The van der Waals surface area contributed by atoms with E-state index < -0.39 is 9.84 Å². The van der Waals surface area contributed by atoms with Crippen molar-refractivity contribution in [3.63, 3.8) is 0 Å². The van der Waals surface area contributed by atoms with Gasteiger partial charge in [-0.25, -0.2) is 28.1 Å². The van der Waals surface area contributed by atoms with E-state index in [1.165, 1.54) is 23.0 Å². The minimum atomic E-state index is -3.45. The second-order valence-corrected chi connectivity index (χ2v) is 11.4. The molecule has 0 unspecified atom stereocenters. The highest BCUT2D eigenvalue weighted by Gasteiger charge is 2.19. The molecule has 3 aromatic heterocycles. The maximum atomic E-state index is 13.9. The molecule has 0 aliphatic heterocycles. The molecule has 3 heterocycles. The molecule has 0 bridgehead atoms. The zero-order valence-corrected chi connectivity index (χ0v) is 22.4. The third-order valence-corrected chi connectivity index (χ3v) is 7.64. The second kappa shape index (κ2) is 9.54. The van der Waals surface area contributed by atoms with E-state index in [1.54, 1.807) is 29.1 Å². The maximum absolute atomic E-state index is 13.9. The van der Waals surface area contributed by atoms with Crippen LogP contribution in [0.25, 0.3) is 44.9 Å². The lowest BCUT2D eigenvalue weighted by Gasteiger charge is -2.14. The van der Waals surface area contributed by atoms with Crippen LogP contribution >= 0.6 is 0 Å². The molecular formula is C29H23N7O3S. The van der Waals surface area contributed by atoms with Crippen LogP contribution in [0.5, 0.6) is 0 Å². The van der Waals surface area contributed by atoms with E-state index in [1.807, 2.05) is 55.5 Å². The van der Waals surface area contributed by atoms with Gasteiger partial charge in [0.15, 0.2) is 15.5 Å². The van der Waals surface area contributed by atoms with Crippen molar-refractivity contribution < 1.29 is 8.42 Å². The molecule has 0 saturated carbocycles. The minimum absolute atomic E-state index is 0.143. The Morgan fingerprint density at radius 3 is 2.15 bits per heavy atom. The number of nitrogen functional groups attached to an aromatic ring is 1. The van der Waals surface area contributed by atoms with Crippen molar-refractivity contribution in [2.45, 2.75) is 11.8 Å². The van der Waals surface area contributed by atoms with Crippen LogP contribution in [-0.4, -0.2) is 44.0 Å². The van der Waals surface area contributed by atoms with Gasteiger partial charge >= 0.3 is 0 Å². The number of aromatic nitrogens is 6. The fourth-order valence-electron chi connectivity index (χ4n) is 4.43. The summed E-state index contributed by atoms with van der Waals surface area (Å²) in [5, 5.41) is 4.71. The summed E-state index contributed by atoms with van der Waals surface area (Å²) in [5.74, 6) is 0.598. The number of nitrogens with zero attached hydrogens (tertiary/aromatic N) is 6. The van der Waals surface area contributed by atoms with Crippen molar-refractivity contribution in [3.05, 3.63) is 107 Å². The Morgan fingerprint density at radius 1 is 0.800 bits per heavy atom. The molecule has 0 saturated heterocycles. The largest absolute Gasteiger partial charge is 0.368 e. The summed E-state index contributed by atoms with van der Waals surface area (Å²) in [6.45, 7) is 1.98. The van der Waals surface area contributed by atoms with E-state index in [2.05, 4.69) is 15.1 Å². The van der Waals surface area contributed by atoms with E-state index >= 15 is 0 Å². The average Bonchev–Trinajstić information content (AvgIpc) is 3.38. The number of benzene rings is 3. The molecule has 0 atom stereocenters.